The molecule has 1 amide bonds. The second-order valence-corrected chi connectivity index (χ2v) is 9.62. The number of Topliss-reactive ketones (excluding diaryl/α,β-unsaturated/α-hetero) is 1. The van der Waals surface area contributed by atoms with E-state index in [2.05, 4.69) is 39.2 Å². The van der Waals surface area contributed by atoms with E-state index in [-0.39, 0.29) is 23.2 Å². The van der Waals surface area contributed by atoms with E-state index in [1.165, 1.54) is 0 Å². The number of ketones is 1. The SMILES string of the molecule is Cc1c(CC(=O)N2CCC(O)CC2)c2c(n1CC(C)C)CC(C)(C)CC2=O. The molecule has 0 saturated carbocycles. The Morgan fingerprint density at radius 3 is 2.44 bits per heavy atom. The Bertz CT molecular complexity index is 737. The number of hydrogen-bond donors (Lipinski definition) is 1. The average Bonchev–Trinajstić information content (AvgIpc) is 2.79. The Hall–Kier alpha value is -1.62. The first kappa shape index (κ1) is 20.1. The highest BCUT2D eigenvalue weighted by Crippen LogP contribution is 2.39. The van der Waals surface area contributed by atoms with E-state index < -0.39 is 0 Å². The van der Waals surface area contributed by atoms with Crippen LogP contribution < -0.4 is 0 Å². The molecule has 1 aromatic heterocycles. The number of fused-ring (bicyclic) bond motifs is 1. The van der Waals surface area contributed by atoms with Gasteiger partial charge in [-0.1, -0.05) is 27.7 Å². The van der Waals surface area contributed by atoms with Crippen molar-refractivity contribution in [2.45, 2.75) is 79.4 Å². The van der Waals surface area contributed by atoms with E-state index in [0.29, 0.717) is 44.7 Å². The molecule has 1 saturated heterocycles. The summed E-state index contributed by atoms with van der Waals surface area (Å²) in [5.41, 5.74) is 3.91. The number of carbonyl (C=O) groups excluding carboxylic acids is 2. The van der Waals surface area contributed by atoms with Crippen molar-refractivity contribution in [1.82, 2.24) is 9.47 Å². The van der Waals surface area contributed by atoms with Crippen LogP contribution in [0.5, 0.6) is 0 Å². The van der Waals surface area contributed by atoms with Crippen LogP contribution in [-0.2, 0) is 24.2 Å². The number of carbonyl (C=O) groups is 2. The normalized spacial score (nSPS) is 20.3. The summed E-state index contributed by atoms with van der Waals surface area (Å²) < 4.78 is 2.29. The first-order valence-electron chi connectivity index (χ1n) is 10.3. The summed E-state index contributed by atoms with van der Waals surface area (Å²) in [5.74, 6) is 0.739. The predicted octanol–water partition coefficient (Wildman–Crippen LogP) is 3.13. The molecule has 0 unspecified atom stereocenters. The molecule has 1 aromatic rings. The Labute approximate surface area is 162 Å². The molecule has 2 aliphatic rings. The van der Waals surface area contributed by atoms with Gasteiger partial charge >= 0.3 is 0 Å². The van der Waals surface area contributed by atoms with E-state index in [1.807, 2.05) is 4.90 Å². The fourth-order valence-corrected chi connectivity index (χ4v) is 4.61. The van der Waals surface area contributed by atoms with Crippen molar-refractivity contribution in [2.75, 3.05) is 13.1 Å². The lowest BCUT2D eigenvalue weighted by atomic mass is 9.75. The van der Waals surface area contributed by atoms with Gasteiger partial charge < -0.3 is 14.6 Å². The largest absolute Gasteiger partial charge is 0.393 e. The number of rotatable bonds is 4. The molecule has 5 nitrogen and oxygen atoms in total. The molecule has 1 N–H and O–H groups in total. The highest BCUT2D eigenvalue weighted by Gasteiger charge is 2.37. The van der Waals surface area contributed by atoms with E-state index in [1.54, 1.807) is 0 Å². The molecule has 150 valence electrons. The minimum Gasteiger partial charge on any atom is -0.393 e. The Balaban J connectivity index is 1.94. The maximum Gasteiger partial charge on any atom is 0.227 e. The lowest BCUT2D eigenvalue weighted by molar-refractivity contribution is -0.132. The molecular weight excluding hydrogens is 340 g/mol. The van der Waals surface area contributed by atoms with Gasteiger partial charge in [0.15, 0.2) is 5.78 Å². The van der Waals surface area contributed by atoms with Crippen molar-refractivity contribution >= 4 is 11.7 Å². The van der Waals surface area contributed by atoms with Gasteiger partial charge in [0.2, 0.25) is 5.91 Å². The summed E-state index contributed by atoms with van der Waals surface area (Å²) in [6, 6.07) is 0. The van der Waals surface area contributed by atoms with Crippen molar-refractivity contribution in [3.63, 3.8) is 0 Å². The number of nitrogens with zero attached hydrogens (tertiary/aromatic N) is 2. The molecular formula is C22H34N2O3. The Morgan fingerprint density at radius 2 is 1.85 bits per heavy atom. The molecule has 0 bridgehead atoms. The third kappa shape index (κ3) is 4.13. The van der Waals surface area contributed by atoms with E-state index in [0.717, 1.165) is 35.5 Å². The fourth-order valence-electron chi connectivity index (χ4n) is 4.61. The Kier molecular flexibility index (Phi) is 5.53. The molecule has 3 rings (SSSR count). The van der Waals surface area contributed by atoms with Gasteiger partial charge in [-0.3, -0.25) is 9.59 Å². The van der Waals surface area contributed by atoms with Crippen LogP contribution in [-0.4, -0.2) is 45.5 Å². The third-order valence-electron chi connectivity index (χ3n) is 6.01. The zero-order valence-electron chi connectivity index (χ0n) is 17.5. The topological polar surface area (TPSA) is 62.5 Å². The number of likely N-dealkylation sites (tertiary alicyclic amines) is 1. The summed E-state index contributed by atoms with van der Waals surface area (Å²) >= 11 is 0. The molecule has 1 aliphatic heterocycles. The predicted molar refractivity (Wildman–Crippen MR) is 106 cm³/mol. The second kappa shape index (κ2) is 7.42. The molecule has 27 heavy (non-hydrogen) atoms. The standard InChI is InChI=1S/C22H34N2O3/c1-14(2)13-24-15(3)17(10-20(27)23-8-6-16(25)7-9-23)21-18(24)11-22(4,5)12-19(21)26/h14,16,25H,6-13H2,1-5H3. The minimum atomic E-state index is -0.292. The summed E-state index contributed by atoms with van der Waals surface area (Å²) in [7, 11) is 0. The number of hydrogen-bond acceptors (Lipinski definition) is 3. The van der Waals surface area contributed by atoms with E-state index in [9.17, 15) is 14.7 Å². The van der Waals surface area contributed by atoms with E-state index >= 15 is 0 Å². The summed E-state index contributed by atoms with van der Waals surface area (Å²) in [6.07, 6.45) is 2.71. The molecule has 2 heterocycles. The molecule has 0 aromatic carbocycles. The minimum absolute atomic E-state index is 0.0338. The summed E-state index contributed by atoms with van der Waals surface area (Å²) in [5, 5.41) is 9.69. The van der Waals surface area contributed by atoms with Gasteiger partial charge in [0.05, 0.1) is 12.5 Å². The van der Waals surface area contributed by atoms with Crippen molar-refractivity contribution in [2.24, 2.45) is 11.3 Å². The van der Waals surface area contributed by atoms with Crippen LogP contribution in [0.4, 0.5) is 0 Å². The molecule has 0 radical (unpaired) electrons. The molecule has 5 heteroatoms. The number of piperidine rings is 1. The van der Waals surface area contributed by atoms with Gasteiger partial charge in [-0.2, -0.15) is 0 Å². The van der Waals surface area contributed by atoms with Crippen LogP contribution in [0.25, 0.3) is 0 Å². The highest BCUT2D eigenvalue weighted by molar-refractivity contribution is 6.01. The van der Waals surface area contributed by atoms with Crippen LogP contribution in [0.3, 0.4) is 0 Å². The van der Waals surface area contributed by atoms with Crippen LogP contribution in [0.2, 0.25) is 0 Å². The van der Waals surface area contributed by atoms with Crippen molar-refractivity contribution in [3.8, 4) is 0 Å². The van der Waals surface area contributed by atoms with Gasteiger partial charge in [-0.25, -0.2) is 0 Å². The number of aromatic nitrogens is 1. The number of aliphatic hydroxyl groups excluding tert-OH is 1. The maximum absolute atomic E-state index is 13.0. The Morgan fingerprint density at radius 1 is 1.22 bits per heavy atom. The van der Waals surface area contributed by atoms with Gasteiger partial charge in [0.1, 0.15) is 0 Å². The first-order valence-corrected chi connectivity index (χ1v) is 10.3. The van der Waals surface area contributed by atoms with Gasteiger partial charge in [0, 0.05) is 43.0 Å². The van der Waals surface area contributed by atoms with Crippen LogP contribution in [0.15, 0.2) is 0 Å². The van der Waals surface area contributed by atoms with Crippen molar-refractivity contribution < 1.29 is 14.7 Å². The second-order valence-electron chi connectivity index (χ2n) is 9.62. The van der Waals surface area contributed by atoms with Gasteiger partial charge in [0.25, 0.3) is 0 Å². The first-order chi connectivity index (χ1) is 12.6. The zero-order valence-corrected chi connectivity index (χ0v) is 17.5. The van der Waals surface area contributed by atoms with Crippen molar-refractivity contribution in [1.29, 1.82) is 0 Å². The maximum atomic E-state index is 13.0. The van der Waals surface area contributed by atoms with Crippen LogP contribution >= 0.6 is 0 Å². The molecule has 1 aliphatic carbocycles. The monoisotopic (exact) mass is 374 g/mol. The van der Waals surface area contributed by atoms with Crippen molar-refractivity contribution in [3.05, 3.63) is 22.5 Å². The van der Waals surface area contributed by atoms with Gasteiger partial charge in [-0.15, -0.1) is 0 Å². The lowest BCUT2D eigenvalue weighted by Crippen LogP contribution is -2.41. The molecule has 0 spiro atoms. The summed E-state index contributed by atoms with van der Waals surface area (Å²) in [6.45, 7) is 12.8. The van der Waals surface area contributed by atoms with Crippen LogP contribution in [0.1, 0.15) is 74.3 Å². The highest BCUT2D eigenvalue weighted by atomic mass is 16.3. The lowest BCUT2D eigenvalue weighted by Gasteiger charge is -2.31. The summed E-state index contributed by atoms with van der Waals surface area (Å²) in [4.78, 5) is 27.7. The molecule has 1 fully saturated rings. The third-order valence-corrected chi connectivity index (χ3v) is 6.01. The zero-order chi connectivity index (χ0) is 19.9. The van der Waals surface area contributed by atoms with Gasteiger partial charge in [-0.05, 0) is 43.1 Å². The quantitative estimate of drug-likeness (QED) is 0.881. The number of amides is 1. The number of aliphatic hydroxyl groups is 1. The van der Waals surface area contributed by atoms with E-state index in [4.69, 9.17) is 0 Å². The average molecular weight is 375 g/mol. The molecule has 0 atom stereocenters. The fraction of sp³-hybridized carbons (Fsp3) is 0.727. The van der Waals surface area contributed by atoms with Crippen LogP contribution in [0, 0.1) is 18.3 Å². The smallest absolute Gasteiger partial charge is 0.227 e.